The van der Waals surface area contributed by atoms with Crippen molar-refractivity contribution in [3.05, 3.63) is 47.5 Å². The summed E-state index contributed by atoms with van der Waals surface area (Å²) in [6, 6.07) is 6.98. The second-order valence-corrected chi connectivity index (χ2v) is 7.29. The van der Waals surface area contributed by atoms with Gasteiger partial charge in [0.05, 0.1) is 12.2 Å². The van der Waals surface area contributed by atoms with Crippen molar-refractivity contribution in [3.63, 3.8) is 0 Å². The molecule has 5 nitrogen and oxygen atoms in total. The molecule has 0 spiro atoms. The zero-order valence-corrected chi connectivity index (χ0v) is 14.5. The number of ether oxygens (including phenoxy) is 1. The van der Waals surface area contributed by atoms with E-state index in [9.17, 15) is 4.39 Å². The molecule has 0 aliphatic carbocycles. The number of piperidine rings is 1. The minimum Gasteiger partial charge on any atom is -0.381 e. The first-order valence-electron chi connectivity index (χ1n) is 9.20. The number of hydrogen-bond donors (Lipinski definition) is 1. The summed E-state index contributed by atoms with van der Waals surface area (Å²) in [5, 5.41) is 12.2. The highest BCUT2D eigenvalue weighted by molar-refractivity contribution is 5.27. The standard InChI is InChI=1S/C19H25FN4O/c20-17-5-1-4-16(11-17)19(6-9-25-10-7-19)14-24-13-18(22-23-24)15-3-2-8-21-12-15/h1,4-5,11,13,15,21H,2-3,6-10,12,14H2/t15-/m1/s1. The summed E-state index contributed by atoms with van der Waals surface area (Å²) in [7, 11) is 0. The van der Waals surface area contributed by atoms with Crippen LogP contribution in [0, 0.1) is 5.82 Å². The number of benzene rings is 1. The van der Waals surface area contributed by atoms with Crippen molar-refractivity contribution in [1.29, 1.82) is 0 Å². The SMILES string of the molecule is Fc1cccc(C2(Cn3cc([C@@H]4CCCNC4)nn3)CCOCC2)c1. The molecule has 1 N–H and O–H groups in total. The summed E-state index contributed by atoms with van der Waals surface area (Å²) in [6.07, 6.45) is 6.16. The van der Waals surface area contributed by atoms with Crippen molar-refractivity contribution >= 4 is 0 Å². The summed E-state index contributed by atoms with van der Waals surface area (Å²) in [5.74, 6) is 0.262. The van der Waals surface area contributed by atoms with Crippen molar-refractivity contribution in [1.82, 2.24) is 20.3 Å². The second-order valence-electron chi connectivity index (χ2n) is 7.29. The lowest BCUT2D eigenvalue weighted by atomic mass is 9.74. The van der Waals surface area contributed by atoms with Gasteiger partial charge >= 0.3 is 0 Å². The van der Waals surface area contributed by atoms with Crippen LogP contribution in [-0.2, 0) is 16.7 Å². The molecule has 0 amide bonds. The first-order valence-corrected chi connectivity index (χ1v) is 9.20. The van der Waals surface area contributed by atoms with Gasteiger partial charge in [0.15, 0.2) is 0 Å². The Hall–Kier alpha value is -1.79. The number of hydrogen-bond acceptors (Lipinski definition) is 4. The van der Waals surface area contributed by atoms with Crippen LogP contribution >= 0.6 is 0 Å². The summed E-state index contributed by atoms with van der Waals surface area (Å²) in [4.78, 5) is 0. The smallest absolute Gasteiger partial charge is 0.123 e. The van der Waals surface area contributed by atoms with Gasteiger partial charge in [0, 0.05) is 37.3 Å². The van der Waals surface area contributed by atoms with E-state index >= 15 is 0 Å². The third kappa shape index (κ3) is 3.60. The molecule has 0 saturated carbocycles. The maximum absolute atomic E-state index is 13.8. The molecule has 0 radical (unpaired) electrons. The van der Waals surface area contributed by atoms with E-state index in [1.165, 1.54) is 12.5 Å². The van der Waals surface area contributed by atoms with Gasteiger partial charge in [-0.15, -0.1) is 5.10 Å². The van der Waals surface area contributed by atoms with E-state index in [4.69, 9.17) is 4.74 Å². The average molecular weight is 344 g/mol. The molecule has 2 aliphatic heterocycles. The minimum absolute atomic E-state index is 0.143. The molecule has 0 bridgehead atoms. The van der Waals surface area contributed by atoms with Gasteiger partial charge in [-0.05, 0) is 49.9 Å². The van der Waals surface area contributed by atoms with Crippen molar-refractivity contribution < 1.29 is 9.13 Å². The van der Waals surface area contributed by atoms with Crippen LogP contribution < -0.4 is 5.32 Å². The van der Waals surface area contributed by atoms with Gasteiger partial charge in [-0.3, -0.25) is 4.68 Å². The van der Waals surface area contributed by atoms with Crippen LogP contribution in [-0.4, -0.2) is 41.3 Å². The Kier molecular flexibility index (Phi) is 4.81. The molecule has 6 heteroatoms. The lowest BCUT2D eigenvalue weighted by Gasteiger charge is -2.37. The van der Waals surface area contributed by atoms with Crippen molar-refractivity contribution in [2.24, 2.45) is 0 Å². The van der Waals surface area contributed by atoms with Gasteiger partial charge in [-0.1, -0.05) is 17.3 Å². The third-order valence-corrected chi connectivity index (χ3v) is 5.62. The summed E-state index contributed by atoms with van der Waals surface area (Å²) < 4.78 is 21.3. The fraction of sp³-hybridized carbons (Fsp3) is 0.579. The van der Waals surface area contributed by atoms with E-state index in [1.54, 1.807) is 12.1 Å². The van der Waals surface area contributed by atoms with Gasteiger partial charge in [0.25, 0.3) is 0 Å². The quantitative estimate of drug-likeness (QED) is 0.926. The zero-order chi connectivity index (χ0) is 17.1. The Morgan fingerprint density at radius 1 is 1.32 bits per heavy atom. The van der Waals surface area contributed by atoms with E-state index in [2.05, 4.69) is 21.8 Å². The van der Waals surface area contributed by atoms with Crippen LogP contribution in [0.2, 0.25) is 0 Å². The molecule has 3 heterocycles. The largest absolute Gasteiger partial charge is 0.381 e. The molecule has 2 aliphatic rings. The Morgan fingerprint density at radius 2 is 2.20 bits per heavy atom. The summed E-state index contributed by atoms with van der Waals surface area (Å²) in [5.41, 5.74) is 1.96. The number of halogens is 1. The van der Waals surface area contributed by atoms with Crippen LogP contribution in [0.3, 0.4) is 0 Å². The predicted octanol–water partition coefficient (Wildman–Crippen LogP) is 2.63. The van der Waals surface area contributed by atoms with Crippen LogP contribution in [0.4, 0.5) is 4.39 Å². The maximum Gasteiger partial charge on any atom is 0.123 e. The maximum atomic E-state index is 13.8. The van der Waals surface area contributed by atoms with E-state index < -0.39 is 0 Å². The molecule has 2 saturated heterocycles. The van der Waals surface area contributed by atoms with Crippen LogP contribution in [0.15, 0.2) is 30.5 Å². The highest BCUT2D eigenvalue weighted by Gasteiger charge is 2.36. The molecule has 1 aromatic heterocycles. The van der Waals surface area contributed by atoms with Gasteiger partial charge in [-0.25, -0.2) is 4.39 Å². The normalized spacial score (nSPS) is 23.5. The molecular weight excluding hydrogens is 319 g/mol. The lowest BCUT2D eigenvalue weighted by Crippen LogP contribution is -2.38. The molecule has 134 valence electrons. The number of nitrogens with one attached hydrogen (secondary N) is 1. The number of rotatable bonds is 4. The first-order chi connectivity index (χ1) is 12.3. The lowest BCUT2D eigenvalue weighted by molar-refractivity contribution is 0.0418. The monoisotopic (exact) mass is 344 g/mol. The summed E-state index contributed by atoms with van der Waals surface area (Å²) >= 11 is 0. The highest BCUT2D eigenvalue weighted by atomic mass is 19.1. The van der Waals surface area contributed by atoms with Gasteiger partial charge < -0.3 is 10.1 Å². The minimum atomic E-state index is -0.184. The molecule has 2 fully saturated rings. The van der Waals surface area contributed by atoms with E-state index in [0.717, 1.165) is 43.6 Å². The fourth-order valence-corrected chi connectivity index (χ4v) is 4.11. The molecule has 4 rings (SSSR count). The van der Waals surface area contributed by atoms with E-state index in [1.807, 2.05) is 10.7 Å². The van der Waals surface area contributed by atoms with Gasteiger partial charge in [-0.2, -0.15) is 0 Å². The van der Waals surface area contributed by atoms with Crippen LogP contribution in [0.5, 0.6) is 0 Å². The predicted molar refractivity (Wildman–Crippen MR) is 93.0 cm³/mol. The Balaban J connectivity index is 1.58. The van der Waals surface area contributed by atoms with E-state index in [0.29, 0.717) is 25.7 Å². The first kappa shape index (κ1) is 16.7. The molecule has 2 aromatic rings. The van der Waals surface area contributed by atoms with Gasteiger partial charge in [0.2, 0.25) is 0 Å². The number of nitrogens with zero attached hydrogens (tertiary/aromatic N) is 3. The highest BCUT2D eigenvalue weighted by Crippen LogP contribution is 2.37. The second kappa shape index (κ2) is 7.22. The van der Waals surface area contributed by atoms with Crippen molar-refractivity contribution in [2.45, 2.75) is 43.6 Å². The summed E-state index contributed by atoms with van der Waals surface area (Å²) in [6.45, 7) is 4.18. The van der Waals surface area contributed by atoms with Crippen molar-refractivity contribution in [3.8, 4) is 0 Å². The van der Waals surface area contributed by atoms with E-state index in [-0.39, 0.29) is 11.2 Å². The fourth-order valence-electron chi connectivity index (χ4n) is 4.11. The third-order valence-electron chi connectivity index (χ3n) is 5.62. The number of aromatic nitrogens is 3. The zero-order valence-electron chi connectivity index (χ0n) is 14.5. The van der Waals surface area contributed by atoms with Crippen molar-refractivity contribution in [2.75, 3.05) is 26.3 Å². The molecule has 1 atom stereocenters. The van der Waals surface area contributed by atoms with Gasteiger partial charge in [0.1, 0.15) is 5.82 Å². The van der Waals surface area contributed by atoms with Crippen LogP contribution in [0.25, 0.3) is 0 Å². The Morgan fingerprint density at radius 3 is 2.96 bits per heavy atom. The Labute approximate surface area is 147 Å². The van der Waals surface area contributed by atoms with Crippen LogP contribution in [0.1, 0.15) is 42.9 Å². The molecular formula is C19H25FN4O. The average Bonchev–Trinajstić information content (AvgIpc) is 3.11. The molecule has 1 aromatic carbocycles. The Bertz CT molecular complexity index is 705. The molecule has 25 heavy (non-hydrogen) atoms. The molecule has 0 unspecified atom stereocenters. The topological polar surface area (TPSA) is 52.0 Å².